The molecule has 20 heavy (non-hydrogen) atoms. The number of rotatable bonds is 3. The van der Waals surface area contributed by atoms with Crippen molar-refractivity contribution in [2.24, 2.45) is 0 Å². The van der Waals surface area contributed by atoms with Crippen LogP contribution >= 0.6 is 11.6 Å². The highest BCUT2D eigenvalue weighted by Crippen LogP contribution is 2.32. The summed E-state index contributed by atoms with van der Waals surface area (Å²) in [6.07, 6.45) is 2.69. The number of halogens is 1. The number of benzene rings is 1. The quantitative estimate of drug-likeness (QED) is 0.940. The molecule has 0 amide bonds. The Bertz CT molecular complexity index is 637. The molecule has 3 rings (SSSR count). The molecule has 1 aliphatic heterocycles. The summed E-state index contributed by atoms with van der Waals surface area (Å²) < 4.78 is 5.53. The smallest absolute Gasteiger partial charge is 0.320 e. The van der Waals surface area contributed by atoms with Crippen LogP contribution in [0, 0.1) is 0 Å². The summed E-state index contributed by atoms with van der Waals surface area (Å²) in [5.41, 5.74) is 1.63. The lowest BCUT2D eigenvalue weighted by Gasteiger charge is -2.32. The molecule has 1 aliphatic rings. The van der Waals surface area contributed by atoms with Gasteiger partial charge >= 0.3 is 5.97 Å². The van der Waals surface area contributed by atoms with Gasteiger partial charge < -0.3 is 9.52 Å². The molecule has 4 nitrogen and oxygen atoms in total. The summed E-state index contributed by atoms with van der Waals surface area (Å²) in [5, 5.41) is 10.6. The second-order valence-corrected chi connectivity index (χ2v) is 5.51. The van der Waals surface area contributed by atoms with Gasteiger partial charge in [0.25, 0.3) is 0 Å². The van der Waals surface area contributed by atoms with Crippen LogP contribution in [0.1, 0.15) is 24.8 Å². The molecule has 1 N–H and O–H groups in total. The summed E-state index contributed by atoms with van der Waals surface area (Å²) in [6.45, 7) is 1.31. The van der Waals surface area contributed by atoms with Crippen molar-refractivity contribution in [1.82, 2.24) is 4.90 Å². The molecule has 1 aromatic heterocycles. The number of piperidine rings is 1. The summed E-state index contributed by atoms with van der Waals surface area (Å²) in [7, 11) is 0. The van der Waals surface area contributed by atoms with E-state index in [0.717, 1.165) is 35.9 Å². The minimum Gasteiger partial charge on any atom is -0.480 e. The van der Waals surface area contributed by atoms with E-state index in [2.05, 4.69) is 0 Å². The number of carboxylic acid groups (broad SMARTS) is 1. The molecular weight excluding hydrogens is 278 g/mol. The minimum atomic E-state index is -0.756. The van der Waals surface area contributed by atoms with Gasteiger partial charge in [-0.3, -0.25) is 9.69 Å². The highest BCUT2D eigenvalue weighted by molar-refractivity contribution is 6.30. The van der Waals surface area contributed by atoms with Crippen LogP contribution in [0.15, 0.2) is 28.7 Å². The Hall–Kier alpha value is -1.52. The highest BCUT2D eigenvalue weighted by atomic mass is 35.5. The molecule has 0 bridgehead atoms. The van der Waals surface area contributed by atoms with Crippen molar-refractivity contribution in [3.05, 3.63) is 35.0 Å². The Morgan fingerprint density at radius 1 is 1.40 bits per heavy atom. The maximum atomic E-state index is 11.3. The van der Waals surface area contributed by atoms with Gasteiger partial charge in [0.1, 0.15) is 11.6 Å². The van der Waals surface area contributed by atoms with Crippen molar-refractivity contribution < 1.29 is 14.3 Å². The Labute approximate surface area is 121 Å². The SMILES string of the molecule is O=C(O)C1CCCCN1Cc1c(Cl)oc2ccccc12. The molecule has 0 aliphatic carbocycles. The predicted molar refractivity (Wildman–Crippen MR) is 76.9 cm³/mol. The van der Waals surface area contributed by atoms with E-state index in [4.69, 9.17) is 16.0 Å². The van der Waals surface area contributed by atoms with Crippen molar-refractivity contribution in [2.45, 2.75) is 31.8 Å². The van der Waals surface area contributed by atoms with Gasteiger partial charge in [-0.05, 0) is 37.1 Å². The Morgan fingerprint density at radius 2 is 2.20 bits per heavy atom. The van der Waals surface area contributed by atoms with E-state index in [1.165, 1.54) is 0 Å². The van der Waals surface area contributed by atoms with Gasteiger partial charge in [0.05, 0.1) is 0 Å². The van der Waals surface area contributed by atoms with Crippen LogP contribution in [0.3, 0.4) is 0 Å². The number of likely N-dealkylation sites (tertiary alicyclic amines) is 1. The van der Waals surface area contributed by atoms with E-state index < -0.39 is 12.0 Å². The summed E-state index contributed by atoms with van der Waals surface area (Å²) >= 11 is 6.17. The van der Waals surface area contributed by atoms with Gasteiger partial charge in [-0.2, -0.15) is 0 Å². The van der Waals surface area contributed by atoms with Crippen LogP contribution in [0.2, 0.25) is 5.22 Å². The fourth-order valence-corrected chi connectivity index (χ4v) is 3.12. The molecule has 0 radical (unpaired) electrons. The van der Waals surface area contributed by atoms with Crippen molar-refractivity contribution in [1.29, 1.82) is 0 Å². The third-order valence-electron chi connectivity index (χ3n) is 3.91. The Morgan fingerprint density at radius 3 is 3.00 bits per heavy atom. The first kappa shape index (κ1) is 13.5. The van der Waals surface area contributed by atoms with Gasteiger partial charge in [-0.25, -0.2) is 0 Å². The van der Waals surface area contributed by atoms with Gasteiger partial charge in [0, 0.05) is 17.5 Å². The van der Waals surface area contributed by atoms with Gasteiger partial charge in [0.2, 0.25) is 0 Å². The summed E-state index contributed by atoms with van der Waals surface area (Å²) in [4.78, 5) is 13.3. The molecule has 0 saturated carbocycles. The van der Waals surface area contributed by atoms with Crippen LogP contribution in [-0.2, 0) is 11.3 Å². The lowest BCUT2D eigenvalue weighted by atomic mass is 10.0. The van der Waals surface area contributed by atoms with Crippen LogP contribution in [0.5, 0.6) is 0 Å². The highest BCUT2D eigenvalue weighted by Gasteiger charge is 2.29. The van der Waals surface area contributed by atoms with E-state index in [1.54, 1.807) is 0 Å². The number of carboxylic acids is 1. The second kappa shape index (κ2) is 5.46. The third-order valence-corrected chi connectivity index (χ3v) is 4.21. The average Bonchev–Trinajstić information content (AvgIpc) is 2.76. The van der Waals surface area contributed by atoms with Crippen molar-refractivity contribution in [2.75, 3.05) is 6.54 Å². The molecule has 1 atom stereocenters. The maximum absolute atomic E-state index is 11.3. The van der Waals surface area contributed by atoms with E-state index in [1.807, 2.05) is 29.2 Å². The topological polar surface area (TPSA) is 53.7 Å². The zero-order chi connectivity index (χ0) is 14.1. The molecule has 1 aromatic carbocycles. The van der Waals surface area contributed by atoms with Crippen LogP contribution in [0.25, 0.3) is 11.0 Å². The van der Waals surface area contributed by atoms with E-state index in [0.29, 0.717) is 18.2 Å². The number of carbonyl (C=O) groups is 1. The second-order valence-electron chi connectivity index (χ2n) is 5.17. The minimum absolute atomic E-state index is 0.362. The van der Waals surface area contributed by atoms with E-state index in [-0.39, 0.29) is 0 Å². The molecular formula is C15H16ClNO3. The summed E-state index contributed by atoms with van der Waals surface area (Å²) in [5.74, 6) is -0.756. The molecule has 106 valence electrons. The lowest BCUT2D eigenvalue weighted by Crippen LogP contribution is -2.44. The first-order valence-corrected chi connectivity index (χ1v) is 7.17. The van der Waals surface area contributed by atoms with Crippen LogP contribution in [0.4, 0.5) is 0 Å². The average molecular weight is 294 g/mol. The summed E-state index contributed by atoms with van der Waals surface area (Å²) in [6, 6.07) is 7.23. The molecule has 0 spiro atoms. The third kappa shape index (κ3) is 2.41. The number of aliphatic carboxylic acids is 1. The first-order chi connectivity index (χ1) is 9.66. The fourth-order valence-electron chi connectivity index (χ4n) is 2.88. The zero-order valence-electron chi connectivity index (χ0n) is 11.0. The number of nitrogens with zero attached hydrogens (tertiary/aromatic N) is 1. The Balaban J connectivity index is 1.92. The molecule has 1 saturated heterocycles. The monoisotopic (exact) mass is 293 g/mol. The number of fused-ring (bicyclic) bond motifs is 1. The fraction of sp³-hybridized carbons (Fsp3) is 0.400. The molecule has 2 aromatic rings. The van der Waals surface area contributed by atoms with Crippen molar-refractivity contribution >= 4 is 28.5 Å². The molecule has 1 unspecified atom stereocenters. The predicted octanol–water partition coefficient (Wildman–Crippen LogP) is 3.53. The van der Waals surface area contributed by atoms with Gasteiger partial charge in [-0.1, -0.05) is 24.6 Å². The largest absolute Gasteiger partial charge is 0.480 e. The Kier molecular flexibility index (Phi) is 3.68. The molecule has 5 heteroatoms. The van der Waals surface area contributed by atoms with Crippen LogP contribution < -0.4 is 0 Å². The number of furan rings is 1. The van der Waals surface area contributed by atoms with Crippen LogP contribution in [-0.4, -0.2) is 28.6 Å². The normalized spacial score (nSPS) is 20.4. The molecule has 1 fully saturated rings. The van der Waals surface area contributed by atoms with Crippen molar-refractivity contribution in [3.8, 4) is 0 Å². The van der Waals surface area contributed by atoms with Crippen molar-refractivity contribution in [3.63, 3.8) is 0 Å². The first-order valence-electron chi connectivity index (χ1n) is 6.79. The molecule has 2 heterocycles. The maximum Gasteiger partial charge on any atom is 0.320 e. The lowest BCUT2D eigenvalue weighted by molar-refractivity contribution is -0.144. The van der Waals surface area contributed by atoms with Gasteiger partial charge in [0.15, 0.2) is 5.22 Å². The van der Waals surface area contributed by atoms with E-state index in [9.17, 15) is 9.90 Å². The van der Waals surface area contributed by atoms with E-state index >= 15 is 0 Å². The number of para-hydroxylation sites is 1. The number of hydrogen-bond donors (Lipinski definition) is 1. The standard InChI is InChI=1S/C15H16ClNO3/c16-14-11(10-5-1-2-7-13(10)20-14)9-17-8-4-3-6-12(17)15(18)19/h1-2,5,7,12H,3-4,6,8-9H2,(H,18,19). The zero-order valence-corrected chi connectivity index (χ0v) is 11.8. The number of hydrogen-bond acceptors (Lipinski definition) is 3. The van der Waals surface area contributed by atoms with Gasteiger partial charge in [-0.15, -0.1) is 0 Å².